The molecule has 3 rings (SSSR count). The number of morpholine rings is 1. The topological polar surface area (TPSA) is 80.6 Å². The lowest BCUT2D eigenvalue weighted by molar-refractivity contribution is -0.883. The van der Waals surface area contributed by atoms with Crippen molar-refractivity contribution < 1.29 is 27.6 Å². The molecule has 144 valence electrons. The molecule has 1 aromatic rings. The van der Waals surface area contributed by atoms with Crippen LogP contribution in [-0.4, -0.2) is 90.2 Å². The lowest BCUT2D eigenvalue weighted by Crippen LogP contribution is -3.12. The fraction of sp³-hybridized carbons (Fsp3) is 0.588. The number of hydrogen-bond donors (Lipinski definition) is 1. The highest BCUT2D eigenvalue weighted by molar-refractivity contribution is 7.89. The highest BCUT2D eigenvalue weighted by atomic mass is 32.2. The van der Waals surface area contributed by atoms with Gasteiger partial charge in [0.15, 0.2) is 0 Å². The first-order valence-corrected chi connectivity index (χ1v) is 10.2. The van der Waals surface area contributed by atoms with Crippen LogP contribution in [0, 0.1) is 0 Å². The average molecular weight is 384 g/mol. The minimum absolute atomic E-state index is 0.134. The van der Waals surface area contributed by atoms with E-state index in [-0.39, 0.29) is 16.4 Å². The number of ether oxygens (including phenoxy) is 2. The van der Waals surface area contributed by atoms with Gasteiger partial charge >= 0.3 is 0 Å². The molecule has 0 aliphatic carbocycles. The number of likely N-dealkylation sites (N-methyl/N-ethyl adjacent to an activating group) is 1. The van der Waals surface area contributed by atoms with Crippen molar-refractivity contribution in [1.29, 1.82) is 0 Å². The molecule has 0 bridgehead atoms. The largest absolute Gasteiger partial charge is 0.496 e. The summed E-state index contributed by atoms with van der Waals surface area (Å²) in [4.78, 5) is 16.0. The Kier molecular flexibility index (Phi) is 5.81. The molecular weight excluding hydrogens is 358 g/mol. The predicted octanol–water partition coefficient (Wildman–Crippen LogP) is -1.31. The number of amides is 1. The number of sulfonamides is 1. The molecule has 9 heteroatoms. The van der Waals surface area contributed by atoms with Gasteiger partial charge in [-0.1, -0.05) is 0 Å². The van der Waals surface area contributed by atoms with Crippen molar-refractivity contribution in [1.82, 2.24) is 9.21 Å². The summed E-state index contributed by atoms with van der Waals surface area (Å²) in [6, 6.07) is 4.51. The van der Waals surface area contributed by atoms with Crippen LogP contribution < -0.4 is 9.64 Å². The zero-order valence-corrected chi connectivity index (χ0v) is 16.0. The molecule has 2 aliphatic rings. The van der Waals surface area contributed by atoms with E-state index in [1.807, 2.05) is 0 Å². The van der Waals surface area contributed by atoms with Crippen molar-refractivity contribution in [2.45, 2.75) is 4.90 Å². The smallest absolute Gasteiger partial charge is 0.257 e. The third kappa shape index (κ3) is 3.85. The zero-order chi connectivity index (χ0) is 18.7. The molecule has 1 aromatic carbocycles. The number of quaternary nitrogens is 1. The Morgan fingerprint density at radius 2 is 1.81 bits per heavy atom. The molecule has 2 saturated heterocycles. The van der Waals surface area contributed by atoms with Crippen molar-refractivity contribution in [3.63, 3.8) is 0 Å². The molecule has 0 atom stereocenters. The Morgan fingerprint density at radius 3 is 2.42 bits per heavy atom. The molecule has 2 fully saturated rings. The number of rotatable bonds is 4. The van der Waals surface area contributed by atoms with Gasteiger partial charge in [0, 0.05) is 13.1 Å². The van der Waals surface area contributed by atoms with Crippen LogP contribution >= 0.6 is 0 Å². The Labute approximate surface area is 154 Å². The maximum Gasteiger partial charge on any atom is 0.257 e. The fourth-order valence-electron chi connectivity index (χ4n) is 3.21. The Balaban J connectivity index is 1.90. The van der Waals surface area contributed by atoms with Crippen LogP contribution in [0.5, 0.6) is 5.75 Å². The van der Waals surface area contributed by atoms with Crippen molar-refractivity contribution in [2.75, 3.05) is 66.6 Å². The summed E-state index contributed by atoms with van der Waals surface area (Å²) in [6.07, 6.45) is 0. The first-order valence-electron chi connectivity index (χ1n) is 8.80. The van der Waals surface area contributed by atoms with Gasteiger partial charge in [0.2, 0.25) is 10.0 Å². The fourth-order valence-corrected chi connectivity index (χ4v) is 4.68. The molecule has 0 spiro atoms. The number of piperazine rings is 1. The summed E-state index contributed by atoms with van der Waals surface area (Å²) >= 11 is 0. The number of nitrogens with zero attached hydrogens (tertiary/aromatic N) is 2. The molecule has 1 amide bonds. The molecule has 0 unspecified atom stereocenters. The number of carbonyl (C=O) groups is 1. The van der Waals surface area contributed by atoms with Crippen molar-refractivity contribution >= 4 is 15.9 Å². The van der Waals surface area contributed by atoms with Crippen LogP contribution in [0.3, 0.4) is 0 Å². The third-order valence-corrected chi connectivity index (χ3v) is 6.81. The molecule has 0 aromatic heterocycles. The summed E-state index contributed by atoms with van der Waals surface area (Å²) in [5, 5.41) is 0. The molecule has 0 saturated carbocycles. The summed E-state index contributed by atoms with van der Waals surface area (Å²) in [5.74, 6) is 0.147. The SMILES string of the molecule is COc1ccc(S(=O)(=O)N2CC[NH+](C)CC2)cc1C(=O)N1CCOCC1. The van der Waals surface area contributed by atoms with Crippen LogP contribution in [-0.2, 0) is 14.8 Å². The number of benzene rings is 1. The van der Waals surface area contributed by atoms with E-state index in [1.54, 1.807) is 11.0 Å². The number of nitrogens with one attached hydrogen (secondary N) is 1. The van der Waals surface area contributed by atoms with Crippen molar-refractivity contribution in [2.24, 2.45) is 0 Å². The van der Waals surface area contributed by atoms with Crippen molar-refractivity contribution in [3.8, 4) is 5.75 Å². The summed E-state index contributed by atoms with van der Waals surface area (Å²) in [7, 11) is -0.101. The maximum absolute atomic E-state index is 13.0. The van der Waals surface area contributed by atoms with E-state index in [4.69, 9.17) is 9.47 Å². The van der Waals surface area contributed by atoms with Gasteiger partial charge in [0.05, 0.1) is 64.0 Å². The van der Waals surface area contributed by atoms with E-state index in [1.165, 1.54) is 28.4 Å². The van der Waals surface area contributed by atoms with Gasteiger partial charge in [-0.15, -0.1) is 0 Å². The van der Waals surface area contributed by atoms with Gasteiger partial charge in [0.25, 0.3) is 5.91 Å². The summed E-state index contributed by atoms with van der Waals surface area (Å²) in [5.41, 5.74) is 0.273. The Hall–Kier alpha value is -1.68. The number of carbonyl (C=O) groups excluding carboxylic acids is 1. The Bertz CT molecular complexity index is 754. The van der Waals surface area contributed by atoms with Gasteiger partial charge in [-0.2, -0.15) is 4.31 Å². The average Bonchev–Trinajstić information content (AvgIpc) is 2.68. The van der Waals surface area contributed by atoms with E-state index in [0.29, 0.717) is 45.1 Å². The first kappa shape index (κ1) is 19.1. The van der Waals surface area contributed by atoms with Gasteiger partial charge in [-0.25, -0.2) is 8.42 Å². The highest BCUT2D eigenvalue weighted by Crippen LogP contribution is 2.26. The van der Waals surface area contributed by atoms with Gasteiger partial charge in [-0.3, -0.25) is 4.79 Å². The quantitative estimate of drug-likeness (QED) is 0.697. The number of hydrogen-bond acceptors (Lipinski definition) is 5. The summed E-state index contributed by atoms with van der Waals surface area (Å²) in [6.45, 7) is 4.44. The maximum atomic E-state index is 13.0. The highest BCUT2D eigenvalue weighted by Gasteiger charge is 2.31. The second-order valence-corrected chi connectivity index (χ2v) is 8.57. The Morgan fingerprint density at radius 1 is 1.15 bits per heavy atom. The zero-order valence-electron chi connectivity index (χ0n) is 15.2. The van der Waals surface area contributed by atoms with E-state index < -0.39 is 10.0 Å². The van der Waals surface area contributed by atoms with Crippen molar-refractivity contribution in [3.05, 3.63) is 23.8 Å². The molecule has 2 heterocycles. The predicted molar refractivity (Wildman–Crippen MR) is 95.1 cm³/mol. The summed E-state index contributed by atoms with van der Waals surface area (Å²) < 4.78 is 38.0. The van der Waals surface area contributed by atoms with Gasteiger partial charge in [-0.05, 0) is 18.2 Å². The van der Waals surface area contributed by atoms with Crippen LogP contribution in [0.15, 0.2) is 23.1 Å². The minimum atomic E-state index is -3.63. The van der Waals surface area contributed by atoms with Crippen LogP contribution in [0.2, 0.25) is 0 Å². The molecule has 0 radical (unpaired) electrons. The van der Waals surface area contributed by atoms with E-state index in [9.17, 15) is 13.2 Å². The molecule has 2 aliphatic heterocycles. The number of methoxy groups -OCH3 is 1. The molecular formula is C17H26N3O5S+. The van der Waals surface area contributed by atoms with E-state index in [2.05, 4.69) is 7.05 Å². The molecule has 8 nitrogen and oxygen atoms in total. The van der Waals surface area contributed by atoms with E-state index >= 15 is 0 Å². The lowest BCUT2D eigenvalue weighted by atomic mass is 10.1. The first-order chi connectivity index (χ1) is 12.4. The standard InChI is InChI=1S/C17H25N3O5S/c1-18-5-7-20(8-6-18)26(22,23)14-3-4-16(24-2)15(13-14)17(21)19-9-11-25-12-10-19/h3-4,13H,5-12H2,1-2H3/p+1. The second-order valence-electron chi connectivity index (χ2n) is 6.63. The minimum Gasteiger partial charge on any atom is -0.496 e. The van der Waals surface area contributed by atoms with E-state index in [0.717, 1.165) is 13.1 Å². The van der Waals surface area contributed by atoms with Gasteiger partial charge < -0.3 is 19.3 Å². The van der Waals surface area contributed by atoms with Crippen LogP contribution in [0.4, 0.5) is 0 Å². The van der Waals surface area contributed by atoms with Crippen LogP contribution in [0.1, 0.15) is 10.4 Å². The second kappa shape index (κ2) is 7.91. The molecule has 1 N–H and O–H groups in total. The van der Waals surface area contributed by atoms with Crippen LogP contribution in [0.25, 0.3) is 0 Å². The normalized spacial score (nSPS) is 20.2. The molecule has 26 heavy (non-hydrogen) atoms. The third-order valence-electron chi connectivity index (χ3n) is 4.91. The van der Waals surface area contributed by atoms with Gasteiger partial charge in [0.1, 0.15) is 5.75 Å². The monoisotopic (exact) mass is 384 g/mol. The lowest BCUT2D eigenvalue weighted by Gasteiger charge is -2.30.